The minimum absolute atomic E-state index is 0.285. The van der Waals surface area contributed by atoms with Gasteiger partial charge in [-0.3, -0.25) is 13.8 Å². The Morgan fingerprint density at radius 3 is 2.29 bits per heavy atom. The number of primary amides is 2. The Hall–Kier alpha value is -1.25. The van der Waals surface area contributed by atoms with Gasteiger partial charge in [-0.1, -0.05) is 12.2 Å². The van der Waals surface area contributed by atoms with E-state index < -0.39 is 29.1 Å². The van der Waals surface area contributed by atoms with Crippen molar-refractivity contribution < 1.29 is 22.5 Å². The van der Waals surface area contributed by atoms with Crippen LogP contribution in [0.3, 0.4) is 0 Å². The lowest BCUT2D eigenvalue weighted by atomic mass is 10.1. The summed E-state index contributed by atoms with van der Waals surface area (Å²) in [7, 11) is 0. The van der Waals surface area contributed by atoms with Gasteiger partial charge in [0, 0.05) is 0 Å². The van der Waals surface area contributed by atoms with Crippen molar-refractivity contribution in [2.45, 2.75) is 0 Å². The van der Waals surface area contributed by atoms with Crippen LogP contribution in [0.5, 0.6) is 0 Å². The zero-order valence-electron chi connectivity index (χ0n) is 7.04. The minimum atomic E-state index is -2.64. The highest BCUT2D eigenvalue weighted by atomic mass is 32.2. The number of hydrogen-bond acceptors (Lipinski definition) is 5. The van der Waals surface area contributed by atoms with Gasteiger partial charge in [0.05, 0.1) is 18.0 Å². The normalized spacial score (nSPS) is 13.3. The molecule has 0 spiro atoms. The number of carbonyl (C=O) groups excluding carboxylic acids is 2. The highest BCUT2D eigenvalue weighted by molar-refractivity contribution is 7.74. The number of nitrogens with two attached hydrogens (primary N) is 2. The first-order valence-corrected chi connectivity index (χ1v) is 4.43. The third-order valence-corrected chi connectivity index (χ3v) is 1.53. The molecule has 0 saturated carbocycles. The van der Waals surface area contributed by atoms with Crippen LogP contribution >= 0.6 is 0 Å². The maximum Gasteiger partial charge on any atom is 0.233 e. The van der Waals surface area contributed by atoms with Crippen LogP contribution in [0.2, 0.25) is 0 Å². The summed E-state index contributed by atoms with van der Waals surface area (Å²) < 4.78 is 23.8. The van der Waals surface area contributed by atoms with Gasteiger partial charge in [-0.25, -0.2) is 4.21 Å². The minimum Gasteiger partial charge on any atom is -0.750 e. The maximum absolute atomic E-state index is 10.6. The van der Waals surface area contributed by atoms with Gasteiger partial charge in [0.2, 0.25) is 11.8 Å². The summed E-state index contributed by atoms with van der Waals surface area (Å²) in [5.74, 6) is -3.06. The summed E-state index contributed by atoms with van der Waals surface area (Å²) in [6.45, 7) is -0.285. The number of hydrogen-bond donors (Lipinski definition) is 2. The molecule has 0 aromatic rings. The molecule has 0 aromatic heterocycles. The van der Waals surface area contributed by atoms with Crippen molar-refractivity contribution in [1.82, 2.24) is 0 Å². The van der Waals surface area contributed by atoms with Gasteiger partial charge in [-0.15, -0.1) is 0 Å². The van der Waals surface area contributed by atoms with Crippen molar-refractivity contribution in [3.63, 3.8) is 0 Å². The van der Waals surface area contributed by atoms with Gasteiger partial charge in [0.15, 0.2) is 0 Å². The van der Waals surface area contributed by atoms with Crippen LogP contribution in [0.25, 0.3) is 0 Å². The fraction of sp³-hybridized carbons (Fsp3) is 0.333. The molecule has 0 aromatic carbocycles. The first-order chi connectivity index (χ1) is 6.45. The zero-order chi connectivity index (χ0) is 11.1. The van der Waals surface area contributed by atoms with Crippen molar-refractivity contribution in [1.29, 1.82) is 0 Å². The standard InChI is InChI=1S/C6H10N2O5S/c7-5(9)4(6(8)10)2-1-3-13-14(11)12/h1-2,4H,3H2,(H2,7,9)(H2,8,10)(H,11,12)/p-1. The first-order valence-electron chi connectivity index (χ1n) is 3.43. The highest BCUT2D eigenvalue weighted by Crippen LogP contribution is 1.96. The zero-order valence-corrected chi connectivity index (χ0v) is 7.86. The summed E-state index contributed by atoms with van der Waals surface area (Å²) in [5.41, 5.74) is 9.65. The average Bonchev–Trinajstić information content (AvgIpc) is 2.01. The molecule has 4 N–H and O–H groups in total. The molecule has 0 rings (SSSR count). The average molecular weight is 221 g/mol. The maximum atomic E-state index is 10.6. The Kier molecular flexibility index (Phi) is 5.68. The largest absolute Gasteiger partial charge is 0.750 e. The Morgan fingerprint density at radius 1 is 1.43 bits per heavy atom. The van der Waals surface area contributed by atoms with Crippen LogP contribution in [0.1, 0.15) is 0 Å². The van der Waals surface area contributed by atoms with Crippen molar-refractivity contribution in [3.05, 3.63) is 12.2 Å². The third-order valence-electron chi connectivity index (χ3n) is 1.20. The fourth-order valence-electron chi connectivity index (χ4n) is 0.616. The van der Waals surface area contributed by atoms with E-state index in [2.05, 4.69) is 4.18 Å². The van der Waals surface area contributed by atoms with Gasteiger partial charge in [-0.05, 0) is 0 Å². The molecule has 1 atom stereocenters. The molecular formula is C6H9N2O5S-. The monoisotopic (exact) mass is 221 g/mol. The Labute approximate surface area is 82.6 Å². The Balaban J connectivity index is 4.10. The van der Waals surface area contributed by atoms with Gasteiger partial charge in [-0.2, -0.15) is 0 Å². The molecule has 0 aliphatic rings. The quantitative estimate of drug-likeness (QED) is 0.302. The van der Waals surface area contributed by atoms with E-state index in [-0.39, 0.29) is 6.61 Å². The van der Waals surface area contributed by atoms with Crippen molar-refractivity contribution in [3.8, 4) is 0 Å². The molecule has 0 saturated heterocycles. The van der Waals surface area contributed by atoms with Gasteiger partial charge >= 0.3 is 0 Å². The van der Waals surface area contributed by atoms with Gasteiger partial charge in [0.25, 0.3) is 0 Å². The third kappa shape index (κ3) is 5.41. The van der Waals surface area contributed by atoms with Crippen molar-refractivity contribution >= 4 is 23.2 Å². The first kappa shape index (κ1) is 12.8. The van der Waals surface area contributed by atoms with Gasteiger partial charge in [0.1, 0.15) is 5.92 Å². The molecule has 0 heterocycles. The molecule has 0 bridgehead atoms. The SMILES string of the molecule is NC(=O)C(C=CCOS(=O)[O-])C(N)=O. The smallest absolute Gasteiger partial charge is 0.233 e. The van der Waals surface area contributed by atoms with Crippen LogP contribution in [-0.2, 0) is 25.1 Å². The second-order valence-electron chi connectivity index (χ2n) is 2.20. The summed E-state index contributed by atoms with van der Waals surface area (Å²) in [6.07, 6.45) is 2.24. The van der Waals surface area contributed by atoms with Crippen LogP contribution < -0.4 is 11.5 Å². The molecule has 80 valence electrons. The number of rotatable bonds is 6. The summed E-state index contributed by atoms with van der Waals surface area (Å²) in [4.78, 5) is 21.2. The molecule has 1 unspecified atom stereocenters. The summed E-state index contributed by atoms with van der Waals surface area (Å²) >= 11 is -2.64. The molecule has 14 heavy (non-hydrogen) atoms. The molecular weight excluding hydrogens is 212 g/mol. The number of carbonyl (C=O) groups is 2. The topological polar surface area (TPSA) is 136 Å². The highest BCUT2D eigenvalue weighted by Gasteiger charge is 2.17. The lowest BCUT2D eigenvalue weighted by Gasteiger charge is -2.04. The molecule has 0 aliphatic heterocycles. The molecule has 0 aliphatic carbocycles. The summed E-state index contributed by atoms with van der Waals surface area (Å²) in [5, 5.41) is 0. The van der Waals surface area contributed by atoms with Crippen LogP contribution in [0.4, 0.5) is 0 Å². The van der Waals surface area contributed by atoms with E-state index in [4.69, 9.17) is 11.5 Å². The lowest BCUT2D eigenvalue weighted by Crippen LogP contribution is -2.33. The van der Waals surface area contributed by atoms with E-state index in [1.54, 1.807) is 0 Å². The van der Waals surface area contributed by atoms with E-state index >= 15 is 0 Å². The van der Waals surface area contributed by atoms with Crippen LogP contribution in [0.15, 0.2) is 12.2 Å². The van der Waals surface area contributed by atoms with E-state index in [1.165, 1.54) is 0 Å². The second-order valence-corrected chi connectivity index (χ2v) is 2.84. The van der Waals surface area contributed by atoms with Crippen molar-refractivity contribution in [2.75, 3.05) is 6.61 Å². The molecule has 2 amide bonds. The van der Waals surface area contributed by atoms with Gasteiger partial charge < -0.3 is 16.0 Å². The molecule has 0 fully saturated rings. The Morgan fingerprint density at radius 2 is 1.93 bits per heavy atom. The molecule has 0 radical (unpaired) electrons. The fourth-order valence-corrected chi connectivity index (χ4v) is 0.806. The van der Waals surface area contributed by atoms with Crippen molar-refractivity contribution in [2.24, 2.45) is 17.4 Å². The predicted molar refractivity (Wildman–Crippen MR) is 45.9 cm³/mol. The van der Waals surface area contributed by atoms with E-state index in [0.717, 1.165) is 12.2 Å². The Bertz CT molecular complexity index is 263. The van der Waals surface area contributed by atoms with E-state index in [1.807, 2.05) is 0 Å². The summed E-state index contributed by atoms with van der Waals surface area (Å²) in [6, 6.07) is 0. The lowest BCUT2D eigenvalue weighted by molar-refractivity contribution is -0.129. The predicted octanol–water partition coefficient (Wildman–Crippen LogP) is -2.06. The molecule has 8 heteroatoms. The molecule has 7 nitrogen and oxygen atoms in total. The van der Waals surface area contributed by atoms with Crippen LogP contribution in [-0.4, -0.2) is 27.2 Å². The second kappa shape index (κ2) is 6.24. The van der Waals surface area contributed by atoms with Crippen LogP contribution in [0, 0.1) is 5.92 Å². The number of amides is 2. The van der Waals surface area contributed by atoms with E-state index in [0.29, 0.717) is 0 Å². The van der Waals surface area contributed by atoms with E-state index in [9.17, 15) is 18.4 Å².